The van der Waals surface area contributed by atoms with Crippen LogP contribution in [0.5, 0.6) is 0 Å². The third kappa shape index (κ3) is 5.00. The summed E-state index contributed by atoms with van der Waals surface area (Å²) in [5, 5.41) is 3.87. The van der Waals surface area contributed by atoms with E-state index >= 15 is 0 Å². The fourth-order valence-corrected chi connectivity index (χ4v) is 7.68. The number of amides is 2. The van der Waals surface area contributed by atoms with E-state index in [1.807, 2.05) is 0 Å². The first-order chi connectivity index (χ1) is 19.1. The van der Waals surface area contributed by atoms with E-state index in [-0.39, 0.29) is 18.0 Å². The van der Waals surface area contributed by atoms with Crippen molar-refractivity contribution in [3.8, 4) is 0 Å². The van der Waals surface area contributed by atoms with Crippen LogP contribution in [-0.4, -0.2) is 72.7 Å². The first kappa shape index (κ1) is 25.5. The summed E-state index contributed by atoms with van der Waals surface area (Å²) >= 11 is 0. The number of carbonyl (C=O) groups is 2. The molecule has 2 amide bonds. The minimum Gasteiger partial charge on any atom is -0.381 e. The number of hydrazine groups is 1. The lowest BCUT2D eigenvalue weighted by Crippen LogP contribution is -2.52. The van der Waals surface area contributed by atoms with Crippen LogP contribution in [0.4, 0.5) is 0 Å². The van der Waals surface area contributed by atoms with Crippen molar-refractivity contribution < 1.29 is 14.3 Å². The topological polar surface area (TPSA) is 85.9 Å². The number of hydrogen-bond donors (Lipinski definition) is 3. The Kier molecular flexibility index (Phi) is 6.89. The Morgan fingerprint density at radius 3 is 2.54 bits per heavy atom. The molecule has 0 aromatic heterocycles. The smallest absolute Gasteiger partial charge is 0.244 e. The van der Waals surface area contributed by atoms with Gasteiger partial charge in [0.1, 0.15) is 5.54 Å². The largest absolute Gasteiger partial charge is 0.381 e. The summed E-state index contributed by atoms with van der Waals surface area (Å²) in [5.74, 6) is 2.64. The molecule has 3 N–H and O–H groups in total. The summed E-state index contributed by atoms with van der Waals surface area (Å²) in [7, 11) is 0. The maximum Gasteiger partial charge on any atom is 0.244 e. The third-order valence-corrected chi connectivity index (χ3v) is 10.3. The summed E-state index contributed by atoms with van der Waals surface area (Å²) < 4.78 is 5.65. The van der Waals surface area contributed by atoms with Gasteiger partial charge in [0, 0.05) is 57.4 Å². The summed E-state index contributed by atoms with van der Waals surface area (Å²) in [4.78, 5) is 30.9. The van der Waals surface area contributed by atoms with Crippen molar-refractivity contribution in [1.29, 1.82) is 0 Å². The first-order valence-corrected chi connectivity index (χ1v) is 15.3. The number of nitrogens with one attached hydrogen (secondary N) is 3. The number of hydrogen-bond acceptors (Lipinski definition) is 6. The van der Waals surface area contributed by atoms with Gasteiger partial charge < -0.3 is 20.0 Å². The molecule has 5 atom stereocenters. The first-order valence-electron chi connectivity index (χ1n) is 15.3. The average Bonchev–Trinajstić information content (AvgIpc) is 3.37. The van der Waals surface area contributed by atoms with Gasteiger partial charge in [-0.15, -0.1) is 0 Å². The van der Waals surface area contributed by atoms with E-state index in [4.69, 9.17) is 4.74 Å². The monoisotopic (exact) mass is 533 g/mol. The molecule has 210 valence electrons. The number of nitrogens with zero attached hydrogens (tertiary/aromatic N) is 2. The minimum atomic E-state index is -0.484. The molecule has 7 rings (SSSR count). The van der Waals surface area contributed by atoms with Crippen LogP contribution in [0.15, 0.2) is 47.7 Å². The molecule has 4 fully saturated rings. The van der Waals surface area contributed by atoms with Crippen LogP contribution < -0.4 is 16.2 Å². The quantitative estimate of drug-likeness (QED) is 0.455. The lowest BCUT2D eigenvalue weighted by Gasteiger charge is -2.36. The molecule has 4 heterocycles. The second-order valence-electron chi connectivity index (χ2n) is 12.8. The van der Waals surface area contributed by atoms with E-state index in [1.54, 1.807) is 0 Å². The predicted molar refractivity (Wildman–Crippen MR) is 149 cm³/mol. The van der Waals surface area contributed by atoms with Crippen LogP contribution >= 0.6 is 0 Å². The molecule has 0 aromatic rings. The molecule has 0 aromatic carbocycles. The van der Waals surface area contributed by atoms with Gasteiger partial charge in [0.05, 0.1) is 6.17 Å². The summed E-state index contributed by atoms with van der Waals surface area (Å²) in [6.45, 7) is 4.55. The highest BCUT2D eigenvalue weighted by Gasteiger charge is 2.54. The van der Waals surface area contributed by atoms with Gasteiger partial charge in [0.2, 0.25) is 11.8 Å². The number of likely N-dealkylation sites (tertiary alicyclic amines) is 1. The Morgan fingerprint density at radius 2 is 1.85 bits per heavy atom. The molecular weight excluding hydrogens is 490 g/mol. The maximum atomic E-state index is 14.0. The van der Waals surface area contributed by atoms with E-state index in [0.717, 1.165) is 77.5 Å². The Labute approximate surface area is 231 Å². The van der Waals surface area contributed by atoms with Crippen molar-refractivity contribution in [1.82, 2.24) is 26.0 Å². The lowest BCUT2D eigenvalue weighted by atomic mass is 9.76. The number of allylic oxidation sites excluding steroid dienone is 4. The minimum absolute atomic E-state index is 0.0312. The average molecular weight is 534 g/mol. The maximum absolute atomic E-state index is 14.0. The van der Waals surface area contributed by atoms with E-state index in [0.29, 0.717) is 42.8 Å². The van der Waals surface area contributed by atoms with Crippen LogP contribution in [0.1, 0.15) is 51.4 Å². The Hall–Kier alpha value is -2.42. The van der Waals surface area contributed by atoms with Crippen molar-refractivity contribution in [2.75, 3.05) is 39.4 Å². The molecule has 4 unspecified atom stereocenters. The zero-order chi connectivity index (χ0) is 26.4. The molecule has 8 nitrogen and oxygen atoms in total. The van der Waals surface area contributed by atoms with Gasteiger partial charge in [-0.25, -0.2) is 5.43 Å². The third-order valence-electron chi connectivity index (χ3n) is 10.3. The lowest BCUT2D eigenvalue weighted by molar-refractivity contribution is -0.137. The second-order valence-corrected chi connectivity index (χ2v) is 12.8. The van der Waals surface area contributed by atoms with Crippen molar-refractivity contribution in [3.05, 3.63) is 47.7 Å². The highest BCUT2D eigenvalue weighted by atomic mass is 16.5. The molecule has 1 saturated carbocycles. The molecule has 3 saturated heterocycles. The van der Waals surface area contributed by atoms with Gasteiger partial charge in [0.15, 0.2) is 0 Å². The second kappa shape index (κ2) is 10.5. The van der Waals surface area contributed by atoms with E-state index < -0.39 is 5.54 Å². The van der Waals surface area contributed by atoms with Crippen molar-refractivity contribution in [2.45, 2.75) is 63.1 Å². The standard InChI is InChI=1S/C31H43N5O3/c37-29(26-9-10-26)35-14-11-21(19-35)20-36-28(34-31(30(36)38)12-15-39-16-13-31)25-7-5-23(6-8-25)22-1-3-24(4-2-22)27-17-32-33-18-27/h1,3-5,7,17,21-23,25-26,28,32-34H,2,6,8-16,18-20H2/t21-,22?,23?,25?,28?/m1/s1. The molecule has 39 heavy (non-hydrogen) atoms. The molecule has 8 heteroatoms. The Balaban J connectivity index is 1.02. The van der Waals surface area contributed by atoms with Gasteiger partial charge in [-0.05, 0) is 80.3 Å². The van der Waals surface area contributed by atoms with E-state index in [1.165, 1.54) is 11.1 Å². The molecule has 3 aliphatic carbocycles. The Bertz CT molecular complexity index is 1100. The number of rotatable bonds is 6. The highest BCUT2D eigenvalue weighted by molar-refractivity contribution is 5.89. The Morgan fingerprint density at radius 1 is 1.03 bits per heavy atom. The predicted octanol–water partition coefficient (Wildman–Crippen LogP) is 2.63. The molecule has 1 spiro atoms. The number of carbonyl (C=O) groups excluding carboxylic acids is 2. The molecule has 7 aliphatic rings. The number of ether oxygens (including phenoxy) is 1. The molecule has 0 bridgehead atoms. The van der Waals surface area contributed by atoms with Crippen LogP contribution in [0.2, 0.25) is 0 Å². The summed E-state index contributed by atoms with van der Waals surface area (Å²) in [5.41, 5.74) is 8.41. The van der Waals surface area contributed by atoms with Gasteiger partial charge in [-0.2, -0.15) is 0 Å². The summed E-state index contributed by atoms with van der Waals surface area (Å²) in [6.07, 6.45) is 21.9. The molecular formula is C31H43N5O3. The van der Waals surface area contributed by atoms with Crippen molar-refractivity contribution >= 4 is 11.8 Å². The van der Waals surface area contributed by atoms with Crippen LogP contribution in [0, 0.1) is 29.6 Å². The molecule has 0 radical (unpaired) electrons. The van der Waals surface area contributed by atoms with Crippen LogP contribution in [0.3, 0.4) is 0 Å². The van der Waals surface area contributed by atoms with E-state index in [2.05, 4.69) is 62.5 Å². The van der Waals surface area contributed by atoms with Crippen LogP contribution in [-0.2, 0) is 14.3 Å². The fourth-order valence-electron chi connectivity index (χ4n) is 7.68. The van der Waals surface area contributed by atoms with Crippen molar-refractivity contribution in [3.63, 3.8) is 0 Å². The van der Waals surface area contributed by atoms with E-state index in [9.17, 15) is 9.59 Å². The van der Waals surface area contributed by atoms with Gasteiger partial charge >= 0.3 is 0 Å². The van der Waals surface area contributed by atoms with Crippen molar-refractivity contribution in [2.24, 2.45) is 29.6 Å². The highest BCUT2D eigenvalue weighted by Crippen LogP contribution is 2.40. The van der Waals surface area contributed by atoms with Gasteiger partial charge in [0.25, 0.3) is 0 Å². The van der Waals surface area contributed by atoms with Gasteiger partial charge in [-0.1, -0.05) is 30.4 Å². The zero-order valence-electron chi connectivity index (χ0n) is 22.9. The fraction of sp³-hybridized carbons (Fsp3) is 0.677. The SMILES string of the molecule is O=C(C1CC1)N1CC[C@@H](CN2C(=O)C3(CCOCC3)NC2C2C=CC(C3C=CC(C4=CNNC4)=CC3)CC2)C1. The zero-order valence-corrected chi connectivity index (χ0v) is 22.9. The summed E-state index contributed by atoms with van der Waals surface area (Å²) in [6, 6.07) is 0. The normalized spacial score (nSPS) is 35.9. The van der Waals surface area contributed by atoms with Crippen LogP contribution in [0.25, 0.3) is 0 Å². The van der Waals surface area contributed by atoms with Gasteiger partial charge in [-0.3, -0.25) is 14.9 Å². The molecule has 4 aliphatic heterocycles.